The van der Waals surface area contributed by atoms with Gasteiger partial charge in [0.15, 0.2) is 0 Å². The Kier molecular flexibility index (Phi) is 4.81. The summed E-state index contributed by atoms with van der Waals surface area (Å²) in [5.41, 5.74) is 9.04. The molecule has 1 heteroatoms. The summed E-state index contributed by atoms with van der Waals surface area (Å²) in [7, 11) is 0. The minimum Gasteiger partial charge on any atom is -0.456 e. The van der Waals surface area contributed by atoms with Crippen molar-refractivity contribution in [3.63, 3.8) is 0 Å². The van der Waals surface area contributed by atoms with E-state index in [0.29, 0.717) is 5.56 Å². The molecule has 9 rings (SSSR count). The van der Waals surface area contributed by atoms with Crippen LogP contribution >= 0.6 is 0 Å². The van der Waals surface area contributed by atoms with Crippen molar-refractivity contribution in [2.75, 3.05) is 0 Å². The summed E-state index contributed by atoms with van der Waals surface area (Å²) in [4.78, 5) is 0. The highest BCUT2D eigenvalue weighted by Crippen LogP contribution is 2.45. The lowest BCUT2D eigenvalue weighted by molar-refractivity contribution is 0.669. The van der Waals surface area contributed by atoms with E-state index in [9.17, 15) is 0 Å². The van der Waals surface area contributed by atoms with Gasteiger partial charge in [0.1, 0.15) is 11.2 Å². The van der Waals surface area contributed by atoms with E-state index < -0.39 is 6.04 Å². The average molecular weight is 578 g/mol. The van der Waals surface area contributed by atoms with E-state index in [1.807, 2.05) is 66.7 Å². The number of hydrogen-bond donors (Lipinski definition) is 0. The molecule has 0 saturated heterocycles. The van der Waals surface area contributed by atoms with Crippen LogP contribution < -0.4 is 0 Å². The van der Waals surface area contributed by atoms with Crippen LogP contribution in [-0.4, -0.2) is 0 Å². The predicted octanol–water partition coefficient (Wildman–Crippen LogP) is 12.6. The molecule has 1 heterocycles. The Balaban J connectivity index is 1.25. The van der Waals surface area contributed by atoms with Gasteiger partial charge in [-0.25, -0.2) is 0 Å². The molecule has 0 aliphatic heterocycles. The molecule has 0 unspecified atom stereocenters. The summed E-state index contributed by atoms with van der Waals surface area (Å²) in [5, 5.41) is 5.52. The van der Waals surface area contributed by atoms with Crippen molar-refractivity contribution in [2.24, 2.45) is 0 Å². The van der Waals surface area contributed by atoms with Gasteiger partial charge in [0.2, 0.25) is 0 Å². The van der Waals surface area contributed by atoms with Crippen molar-refractivity contribution in [1.82, 2.24) is 0 Å². The van der Waals surface area contributed by atoms with Gasteiger partial charge in [0.25, 0.3) is 0 Å². The van der Waals surface area contributed by atoms with Crippen molar-refractivity contribution in [3.8, 4) is 44.5 Å². The van der Waals surface area contributed by atoms with Gasteiger partial charge >= 0.3 is 0 Å². The minimum absolute atomic E-state index is 0.204. The summed E-state index contributed by atoms with van der Waals surface area (Å²) in [6.45, 7) is 0. The smallest absolute Gasteiger partial charge is 0.135 e. The zero-order chi connectivity index (χ0) is 34.1. The fourth-order valence-electron chi connectivity index (χ4n) is 6.68. The first-order chi connectivity index (χ1) is 24.4. The van der Waals surface area contributed by atoms with Crippen LogP contribution in [0.15, 0.2) is 174 Å². The van der Waals surface area contributed by atoms with Gasteiger partial charge in [-0.3, -0.25) is 0 Å². The molecular formula is C44H28O. The van der Waals surface area contributed by atoms with E-state index in [-0.39, 0.29) is 29.7 Å². The molecule has 45 heavy (non-hydrogen) atoms. The van der Waals surface area contributed by atoms with Gasteiger partial charge in [-0.15, -0.1) is 0 Å². The Hall–Kier alpha value is -5.92. The molecule has 1 nitrogen and oxygen atoms in total. The Labute approximate surface area is 268 Å². The Morgan fingerprint density at radius 2 is 0.756 bits per heavy atom. The molecule has 9 aromatic rings. The second-order valence-corrected chi connectivity index (χ2v) is 11.3. The lowest BCUT2D eigenvalue weighted by Crippen LogP contribution is -1.90. The van der Waals surface area contributed by atoms with E-state index in [4.69, 9.17) is 11.3 Å². The number of rotatable bonds is 4. The SMILES string of the molecule is [2H]c1c([2H])c([2H])c(-c2c3ccccc3c(-c3ccc4oc5ccc(-c6ccc(-c7ccccc7)cc6)cc5c4c3)c3ccccc23)c([2H])c1[2H]. The molecule has 8 aromatic carbocycles. The highest BCUT2D eigenvalue weighted by molar-refractivity contribution is 6.22. The first kappa shape index (κ1) is 20.9. The Morgan fingerprint density at radius 3 is 1.33 bits per heavy atom. The van der Waals surface area contributed by atoms with Crippen LogP contribution in [0.25, 0.3) is 88.0 Å². The standard InChI is InChI=1S/C44H28O/c1-3-11-29(12-4-1)30-19-21-31(22-20-30)33-23-25-41-39(27-33)40-28-34(24-26-42(40)45-41)44-37-17-9-7-15-35(37)43(32-13-5-2-6-14-32)36-16-8-10-18-38(36)44/h1-28H/i2D,5D,6D,13D,14D. The normalized spacial score (nSPS) is 13.1. The molecule has 1 aromatic heterocycles. The van der Waals surface area contributed by atoms with Crippen molar-refractivity contribution in [2.45, 2.75) is 0 Å². The molecule has 0 radical (unpaired) electrons. The van der Waals surface area contributed by atoms with Crippen molar-refractivity contribution in [3.05, 3.63) is 170 Å². The van der Waals surface area contributed by atoms with Gasteiger partial charge in [0.05, 0.1) is 6.85 Å². The van der Waals surface area contributed by atoms with E-state index in [0.717, 1.165) is 65.7 Å². The zero-order valence-corrected chi connectivity index (χ0v) is 24.2. The summed E-state index contributed by atoms with van der Waals surface area (Å²) >= 11 is 0. The fourth-order valence-corrected chi connectivity index (χ4v) is 6.68. The minimum atomic E-state index is -0.401. The Morgan fingerprint density at radius 1 is 0.333 bits per heavy atom. The second kappa shape index (κ2) is 10.4. The van der Waals surface area contributed by atoms with Crippen LogP contribution in [0, 0.1) is 0 Å². The molecular weight excluding hydrogens is 544 g/mol. The van der Waals surface area contributed by atoms with Crippen molar-refractivity contribution < 1.29 is 11.3 Å². The van der Waals surface area contributed by atoms with Crippen LogP contribution in [0.2, 0.25) is 0 Å². The molecule has 0 atom stereocenters. The number of benzene rings is 8. The van der Waals surface area contributed by atoms with E-state index >= 15 is 0 Å². The molecule has 0 saturated carbocycles. The molecule has 0 amide bonds. The number of hydrogen-bond acceptors (Lipinski definition) is 1. The van der Waals surface area contributed by atoms with Crippen molar-refractivity contribution >= 4 is 43.5 Å². The first-order valence-electron chi connectivity index (χ1n) is 17.5. The maximum Gasteiger partial charge on any atom is 0.135 e. The topological polar surface area (TPSA) is 13.1 Å². The van der Waals surface area contributed by atoms with Crippen LogP contribution in [0.1, 0.15) is 6.85 Å². The number of fused-ring (bicyclic) bond motifs is 5. The average Bonchev–Trinajstić information content (AvgIpc) is 3.54. The highest BCUT2D eigenvalue weighted by atomic mass is 16.3. The van der Waals surface area contributed by atoms with E-state index in [1.165, 1.54) is 11.1 Å². The maximum atomic E-state index is 8.84. The summed E-state index contributed by atoms with van der Waals surface area (Å²) < 4.78 is 49.0. The third-order valence-electron chi connectivity index (χ3n) is 8.76. The van der Waals surface area contributed by atoms with Crippen LogP contribution in [-0.2, 0) is 0 Å². The Bertz CT molecular complexity index is 2720. The third kappa shape index (κ3) is 4.24. The lowest BCUT2D eigenvalue weighted by atomic mass is 9.86. The molecule has 0 N–H and O–H groups in total. The molecule has 0 aliphatic carbocycles. The van der Waals surface area contributed by atoms with Crippen LogP contribution in [0.3, 0.4) is 0 Å². The molecule has 0 aliphatic rings. The van der Waals surface area contributed by atoms with Gasteiger partial charge in [-0.05, 0) is 90.3 Å². The molecule has 0 fully saturated rings. The molecule has 0 spiro atoms. The van der Waals surface area contributed by atoms with E-state index in [1.54, 1.807) is 0 Å². The molecule has 0 bridgehead atoms. The van der Waals surface area contributed by atoms with E-state index in [2.05, 4.69) is 72.8 Å². The lowest BCUT2D eigenvalue weighted by Gasteiger charge is -2.17. The molecule has 210 valence electrons. The zero-order valence-electron chi connectivity index (χ0n) is 29.2. The van der Waals surface area contributed by atoms with Gasteiger partial charge in [-0.1, -0.05) is 145 Å². The quantitative estimate of drug-likeness (QED) is 0.190. The summed E-state index contributed by atoms with van der Waals surface area (Å²) in [6.07, 6.45) is 0. The summed E-state index contributed by atoms with van der Waals surface area (Å²) in [6, 6.07) is 46.0. The summed E-state index contributed by atoms with van der Waals surface area (Å²) in [5.74, 6) is 0. The third-order valence-corrected chi connectivity index (χ3v) is 8.76. The maximum absolute atomic E-state index is 8.84. The number of furan rings is 1. The van der Waals surface area contributed by atoms with Gasteiger partial charge < -0.3 is 4.42 Å². The second-order valence-electron chi connectivity index (χ2n) is 11.3. The van der Waals surface area contributed by atoms with Crippen LogP contribution in [0.5, 0.6) is 0 Å². The first-order valence-corrected chi connectivity index (χ1v) is 15.0. The highest BCUT2D eigenvalue weighted by Gasteiger charge is 2.18. The largest absolute Gasteiger partial charge is 0.456 e. The van der Waals surface area contributed by atoms with Gasteiger partial charge in [0, 0.05) is 10.8 Å². The van der Waals surface area contributed by atoms with Crippen LogP contribution in [0.4, 0.5) is 0 Å². The predicted molar refractivity (Wildman–Crippen MR) is 190 cm³/mol. The fraction of sp³-hybridized carbons (Fsp3) is 0. The monoisotopic (exact) mass is 577 g/mol. The van der Waals surface area contributed by atoms with Crippen molar-refractivity contribution in [1.29, 1.82) is 0 Å². The van der Waals surface area contributed by atoms with Gasteiger partial charge in [-0.2, -0.15) is 0 Å².